The molecule has 1 aromatic carbocycles. The molecule has 0 radical (unpaired) electrons. The van der Waals surface area contributed by atoms with Gasteiger partial charge in [-0.2, -0.15) is 13.2 Å². The first kappa shape index (κ1) is 16.8. The van der Waals surface area contributed by atoms with E-state index in [1.807, 2.05) is 10.6 Å². The second kappa shape index (κ2) is 6.93. The van der Waals surface area contributed by atoms with E-state index in [0.717, 1.165) is 18.2 Å². The molecule has 0 saturated carbocycles. The van der Waals surface area contributed by atoms with Crippen LogP contribution in [0.3, 0.4) is 0 Å². The van der Waals surface area contributed by atoms with Gasteiger partial charge < -0.3 is 20.8 Å². The highest BCUT2D eigenvalue weighted by molar-refractivity contribution is 5.93. The van der Waals surface area contributed by atoms with Crippen molar-refractivity contribution in [2.45, 2.75) is 18.6 Å². The number of anilines is 1. The van der Waals surface area contributed by atoms with Crippen LogP contribution < -0.4 is 10.6 Å². The van der Waals surface area contributed by atoms with E-state index in [9.17, 15) is 22.8 Å². The van der Waals surface area contributed by atoms with Crippen LogP contribution in [-0.2, 0) is 11.0 Å². The number of hydrogen-bond acceptors (Lipinski definition) is 3. The topological polar surface area (TPSA) is 98.7 Å². The Balaban J connectivity index is 2.82. The lowest BCUT2D eigenvalue weighted by Gasteiger charge is -2.16. The number of amides is 2. The first-order valence-electron chi connectivity index (χ1n) is 5.83. The highest BCUT2D eigenvalue weighted by Crippen LogP contribution is 2.34. The number of alkyl halides is 3. The van der Waals surface area contributed by atoms with Crippen molar-refractivity contribution in [1.82, 2.24) is 5.32 Å². The Hall–Kier alpha value is -2.29. The predicted molar refractivity (Wildman–Crippen MR) is 66.7 cm³/mol. The molecule has 4 N–H and O–H groups in total. The van der Waals surface area contributed by atoms with E-state index in [-0.39, 0.29) is 6.42 Å². The van der Waals surface area contributed by atoms with E-state index in [0.29, 0.717) is 0 Å². The van der Waals surface area contributed by atoms with Crippen molar-refractivity contribution < 1.29 is 33.0 Å². The number of para-hydroxylation sites is 1. The Bertz CT molecular complexity index is 519. The number of urea groups is 1. The summed E-state index contributed by atoms with van der Waals surface area (Å²) in [7, 11) is 0. The molecule has 0 aliphatic heterocycles. The number of nitrogens with one attached hydrogen (secondary N) is 2. The second-order valence-corrected chi connectivity index (χ2v) is 4.04. The van der Waals surface area contributed by atoms with Crippen molar-refractivity contribution in [3.63, 3.8) is 0 Å². The molecule has 0 heterocycles. The molecule has 0 fully saturated rings. The van der Waals surface area contributed by atoms with E-state index < -0.39 is 42.1 Å². The number of carboxylic acid groups (broad SMARTS) is 1. The average Bonchev–Trinajstić information content (AvgIpc) is 2.37. The zero-order valence-electron chi connectivity index (χ0n) is 10.6. The summed E-state index contributed by atoms with van der Waals surface area (Å²) in [5.74, 6) is -1.40. The van der Waals surface area contributed by atoms with Crippen molar-refractivity contribution >= 4 is 17.7 Å². The Morgan fingerprint density at radius 3 is 2.38 bits per heavy atom. The molecule has 0 saturated heterocycles. The molecule has 0 aliphatic carbocycles. The van der Waals surface area contributed by atoms with Gasteiger partial charge in [0.05, 0.1) is 11.3 Å². The fraction of sp³-hybridized carbons (Fsp3) is 0.333. The molecular formula is C12H13F3N2O4. The minimum Gasteiger partial charge on any atom is -0.480 e. The number of halogens is 3. The van der Waals surface area contributed by atoms with Crippen LogP contribution in [0.15, 0.2) is 24.3 Å². The standard InChI is InChI=1S/C12H13F3N2O4/c13-12(14,15)7-3-1-2-4-8(7)16-11(21)17-9(5-6-18)10(19)20/h1-4,9,18H,5-6H2,(H,19,20)(H2,16,17,21). The third kappa shape index (κ3) is 4.95. The summed E-state index contributed by atoms with van der Waals surface area (Å²) >= 11 is 0. The molecule has 6 nitrogen and oxygen atoms in total. The molecule has 21 heavy (non-hydrogen) atoms. The fourth-order valence-electron chi connectivity index (χ4n) is 1.54. The highest BCUT2D eigenvalue weighted by Gasteiger charge is 2.33. The number of aliphatic hydroxyl groups is 1. The van der Waals surface area contributed by atoms with E-state index in [4.69, 9.17) is 10.2 Å². The molecule has 1 unspecified atom stereocenters. The molecule has 1 atom stereocenters. The van der Waals surface area contributed by atoms with Crippen molar-refractivity contribution in [2.75, 3.05) is 11.9 Å². The molecule has 116 valence electrons. The maximum absolute atomic E-state index is 12.7. The van der Waals surface area contributed by atoms with Gasteiger partial charge in [-0.25, -0.2) is 9.59 Å². The first-order chi connectivity index (χ1) is 9.75. The molecule has 9 heteroatoms. The SMILES string of the molecule is O=C(Nc1ccccc1C(F)(F)F)NC(CCO)C(=O)O. The van der Waals surface area contributed by atoms with Gasteiger partial charge in [-0.3, -0.25) is 0 Å². The van der Waals surface area contributed by atoms with Crippen LogP contribution in [0.5, 0.6) is 0 Å². The third-order valence-electron chi connectivity index (χ3n) is 2.50. The molecule has 1 aromatic rings. The van der Waals surface area contributed by atoms with Crippen LogP contribution >= 0.6 is 0 Å². The van der Waals surface area contributed by atoms with Crippen molar-refractivity contribution in [3.8, 4) is 0 Å². The summed E-state index contributed by atoms with van der Waals surface area (Å²) in [6.45, 7) is -0.490. The molecule has 0 bridgehead atoms. The van der Waals surface area contributed by atoms with E-state index in [2.05, 4.69) is 0 Å². The third-order valence-corrected chi connectivity index (χ3v) is 2.50. The fourth-order valence-corrected chi connectivity index (χ4v) is 1.54. The highest BCUT2D eigenvalue weighted by atomic mass is 19.4. The lowest BCUT2D eigenvalue weighted by atomic mass is 10.1. The maximum atomic E-state index is 12.7. The quantitative estimate of drug-likeness (QED) is 0.665. The molecule has 0 aliphatic rings. The van der Waals surface area contributed by atoms with Crippen molar-refractivity contribution in [1.29, 1.82) is 0 Å². The second-order valence-electron chi connectivity index (χ2n) is 4.04. The number of rotatable bonds is 5. The number of carboxylic acids is 1. The number of benzene rings is 1. The lowest BCUT2D eigenvalue weighted by molar-refractivity contribution is -0.139. The molecular weight excluding hydrogens is 293 g/mol. The van der Waals surface area contributed by atoms with Gasteiger partial charge in [-0.05, 0) is 12.1 Å². The molecule has 2 amide bonds. The van der Waals surface area contributed by atoms with Gasteiger partial charge in [0.1, 0.15) is 6.04 Å². The van der Waals surface area contributed by atoms with Crippen molar-refractivity contribution in [3.05, 3.63) is 29.8 Å². The van der Waals surface area contributed by atoms with Gasteiger partial charge in [-0.1, -0.05) is 12.1 Å². The maximum Gasteiger partial charge on any atom is 0.418 e. The number of hydrogen-bond donors (Lipinski definition) is 4. The normalized spacial score (nSPS) is 12.6. The first-order valence-corrected chi connectivity index (χ1v) is 5.83. The summed E-state index contributed by atoms with van der Waals surface area (Å²) in [6.07, 6.45) is -4.91. The van der Waals surface area contributed by atoms with Crippen LogP contribution in [0.4, 0.5) is 23.7 Å². The minimum atomic E-state index is -4.65. The summed E-state index contributed by atoms with van der Waals surface area (Å²) in [6, 6.07) is 1.80. The average molecular weight is 306 g/mol. The van der Waals surface area contributed by atoms with Gasteiger partial charge in [-0.15, -0.1) is 0 Å². The van der Waals surface area contributed by atoms with Gasteiger partial charge in [0.15, 0.2) is 0 Å². The Morgan fingerprint density at radius 1 is 1.24 bits per heavy atom. The number of aliphatic hydroxyl groups excluding tert-OH is 1. The molecule has 1 rings (SSSR count). The summed E-state index contributed by atoms with van der Waals surface area (Å²) in [5, 5.41) is 21.3. The van der Waals surface area contributed by atoms with E-state index in [1.54, 1.807) is 0 Å². The van der Waals surface area contributed by atoms with Gasteiger partial charge in [0.2, 0.25) is 0 Å². The van der Waals surface area contributed by atoms with E-state index in [1.165, 1.54) is 6.07 Å². The monoisotopic (exact) mass is 306 g/mol. The summed E-state index contributed by atoms with van der Waals surface area (Å²) < 4.78 is 38.1. The Morgan fingerprint density at radius 2 is 1.86 bits per heavy atom. The summed E-state index contributed by atoms with van der Waals surface area (Å²) in [4.78, 5) is 22.3. The zero-order chi connectivity index (χ0) is 16.0. The van der Waals surface area contributed by atoms with Crippen LogP contribution in [0, 0.1) is 0 Å². The van der Waals surface area contributed by atoms with Gasteiger partial charge in [0.25, 0.3) is 0 Å². The Kier molecular flexibility index (Phi) is 5.53. The summed E-state index contributed by atoms with van der Waals surface area (Å²) in [5.41, 5.74) is -1.54. The largest absolute Gasteiger partial charge is 0.480 e. The number of carbonyl (C=O) groups excluding carboxylic acids is 1. The van der Waals surface area contributed by atoms with E-state index >= 15 is 0 Å². The van der Waals surface area contributed by atoms with Crippen LogP contribution in [0.1, 0.15) is 12.0 Å². The lowest BCUT2D eigenvalue weighted by Crippen LogP contribution is -2.43. The van der Waals surface area contributed by atoms with Crippen molar-refractivity contribution in [2.24, 2.45) is 0 Å². The molecule has 0 aromatic heterocycles. The zero-order valence-corrected chi connectivity index (χ0v) is 10.6. The number of carbonyl (C=O) groups is 2. The number of aliphatic carboxylic acids is 1. The molecule has 0 spiro atoms. The Labute approximate surface area is 117 Å². The minimum absolute atomic E-state index is 0.260. The van der Waals surface area contributed by atoms with Crippen LogP contribution in [0.2, 0.25) is 0 Å². The smallest absolute Gasteiger partial charge is 0.418 e. The van der Waals surface area contributed by atoms with Gasteiger partial charge >= 0.3 is 18.2 Å². The van der Waals surface area contributed by atoms with Crippen LogP contribution in [-0.4, -0.2) is 34.9 Å². The van der Waals surface area contributed by atoms with Gasteiger partial charge in [0, 0.05) is 13.0 Å². The predicted octanol–water partition coefficient (Wildman–Crippen LogP) is 1.66. The van der Waals surface area contributed by atoms with Crippen LogP contribution in [0.25, 0.3) is 0 Å².